The van der Waals surface area contributed by atoms with Crippen molar-refractivity contribution in [3.63, 3.8) is 0 Å². The molecule has 1 aliphatic rings. The molecule has 1 aromatic carbocycles. The van der Waals surface area contributed by atoms with Gasteiger partial charge < -0.3 is 15.5 Å². The van der Waals surface area contributed by atoms with E-state index in [0.717, 1.165) is 60.4 Å². The largest absolute Gasteiger partial charge is 0.368 e. The Morgan fingerprint density at radius 3 is 2.97 bits per heavy atom. The third kappa shape index (κ3) is 5.70. The van der Waals surface area contributed by atoms with Crippen LogP contribution in [0, 0.1) is 11.3 Å². The van der Waals surface area contributed by atoms with Gasteiger partial charge in [0.2, 0.25) is 0 Å². The maximum absolute atomic E-state index is 9.42. The summed E-state index contributed by atoms with van der Waals surface area (Å²) in [5.74, 6) is 1.28. The van der Waals surface area contributed by atoms with E-state index in [0.29, 0.717) is 12.5 Å². The lowest BCUT2D eigenvalue weighted by molar-refractivity contribution is 0.468. The summed E-state index contributed by atoms with van der Waals surface area (Å²) in [5.41, 5.74) is 2.77. The Morgan fingerprint density at radius 1 is 1.41 bits per heavy atom. The minimum Gasteiger partial charge on any atom is -0.368 e. The van der Waals surface area contributed by atoms with Crippen molar-refractivity contribution in [3.8, 4) is 6.07 Å². The highest BCUT2D eigenvalue weighted by Crippen LogP contribution is 2.24. The molecule has 1 aromatic heterocycles. The average Bonchev–Trinajstić information content (AvgIpc) is 3.22. The first-order valence-corrected chi connectivity index (χ1v) is 11.2. The van der Waals surface area contributed by atoms with E-state index in [4.69, 9.17) is 4.99 Å². The Hall–Kier alpha value is -2.59. The van der Waals surface area contributed by atoms with Crippen molar-refractivity contribution in [2.24, 2.45) is 4.99 Å². The first-order valence-electron chi connectivity index (χ1n) is 10.3. The molecule has 0 spiro atoms. The Kier molecular flexibility index (Phi) is 7.48. The standard InChI is InChI=1S/C22H30N6S/c1-4-24-22(25-13-19-15-29-21(26-19)16(2)3)27-18-9-7-11-28(14-18)20-10-6-5-8-17(20)12-23/h5-6,8,10,15-16,18H,4,7,9,11,13-14H2,1-3H3,(H2,24,25,27). The van der Waals surface area contributed by atoms with Crippen LogP contribution in [0.5, 0.6) is 0 Å². The zero-order valence-electron chi connectivity index (χ0n) is 17.5. The molecule has 1 atom stereocenters. The minimum atomic E-state index is 0.287. The van der Waals surface area contributed by atoms with Gasteiger partial charge in [-0.3, -0.25) is 0 Å². The van der Waals surface area contributed by atoms with E-state index >= 15 is 0 Å². The number of nitrogens with zero attached hydrogens (tertiary/aromatic N) is 4. The smallest absolute Gasteiger partial charge is 0.191 e. The summed E-state index contributed by atoms with van der Waals surface area (Å²) < 4.78 is 0. The molecule has 2 heterocycles. The fraction of sp³-hybridized carbons (Fsp3) is 0.500. The van der Waals surface area contributed by atoms with Gasteiger partial charge in [0.15, 0.2) is 5.96 Å². The number of piperidine rings is 1. The second kappa shape index (κ2) is 10.3. The van der Waals surface area contributed by atoms with Crippen molar-refractivity contribution in [1.29, 1.82) is 5.26 Å². The third-order valence-electron chi connectivity index (χ3n) is 4.93. The highest BCUT2D eigenvalue weighted by atomic mass is 32.1. The molecule has 1 unspecified atom stereocenters. The van der Waals surface area contributed by atoms with Crippen molar-refractivity contribution in [2.45, 2.75) is 52.1 Å². The van der Waals surface area contributed by atoms with Crippen molar-refractivity contribution < 1.29 is 0 Å². The van der Waals surface area contributed by atoms with E-state index in [2.05, 4.69) is 52.7 Å². The SMILES string of the molecule is CCNC(=NCc1csc(C(C)C)n1)NC1CCCN(c2ccccc2C#N)C1. The molecular weight excluding hydrogens is 380 g/mol. The number of aliphatic imine (C=N–C) groups is 1. The predicted octanol–water partition coefficient (Wildman–Crippen LogP) is 3.86. The molecule has 1 fully saturated rings. The van der Waals surface area contributed by atoms with E-state index in [-0.39, 0.29) is 6.04 Å². The Labute approximate surface area is 177 Å². The van der Waals surface area contributed by atoms with Crippen LogP contribution in [0.25, 0.3) is 0 Å². The van der Waals surface area contributed by atoms with E-state index in [1.54, 1.807) is 11.3 Å². The van der Waals surface area contributed by atoms with E-state index < -0.39 is 0 Å². The van der Waals surface area contributed by atoms with Crippen LogP contribution in [0.3, 0.4) is 0 Å². The molecule has 0 saturated carbocycles. The third-order valence-corrected chi connectivity index (χ3v) is 6.13. The van der Waals surface area contributed by atoms with Gasteiger partial charge in [0.1, 0.15) is 6.07 Å². The molecule has 0 radical (unpaired) electrons. The molecule has 6 nitrogen and oxygen atoms in total. The molecule has 1 aliphatic heterocycles. The zero-order chi connectivity index (χ0) is 20.6. The zero-order valence-corrected chi connectivity index (χ0v) is 18.3. The van der Waals surface area contributed by atoms with Gasteiger partial charge in [-0.25, -0.2) is 9.98 Å². The van der Waals surface area contributed by atoms with Gasteiger partial charge in [-0.2, -0.15) is 5.26 Å². The van der Waals surface area contributed by atoms with Crippen LogP contribution in [-0.2, 0) is 6.54 Å². The second-order valence-corrected chi connectivity index (χ2v) is 8.48. The van der Waals surface area contributed by atoms with Gasteiger partial charge in [0.25, 0.3) is 0 Å². The quantitative estimate of drug-likeness (QED) is 0.559. The number of rotatable bonds is 6. The number of benzene rings is 1. The number of nitriles is 1. The lowest BCUT2D eigenvalue weighted by Gasteiger charge is -2.35. The number of anilines is 1. The topological polar surface area (TPSA) is 76.3 Å². The maximum atomic E-state index is 9.42. The average molecular weight is 411 g/mol. The summed E-state index contributed by atoms with van der Waals surface area (Å²) in [6.07, 6.45) is 2.17. The summed E-state index contributed by atoms with van der Waals surface area (Å²) in [6.45, 7) is 9.62. The molecule has 2 aromatic rings. The second-order valence-electron chi connectivity index (χ2n) is 7.59. The molecular formula is C22H30N6S. The first-order chi connectivity index (χ1) is 14.1. The van der Waals surface area contributed by atoms with Crippen molar-refractivity contribution in [2.75, 3.05) is 24.5 Å². The first kappa shape index (κ1) is 21.1. The lowest BCUT2D eigenvalue weighted by Crippen LogP contribution is -2.51. The Morgan fingerprint density at radius 2 is 2.24 bits per heavy atom. The van der Waals surface area contributed by atoms with Gasteiger partial charge in [-0.15, -0.1) is 11.3 Å². The Bertz CT molecular complexity index is 866. The van der Waals surface area contributed by atoms with Gasteiger partial charge in [0.05, 0.1) is 28.5 Å². The predicted molar refractivity (Wildman–Crippen MR) is 121 cm³/mol. The highest BCUT2D eigenvalue weighted by Gasteiger charge is 2.22. The van der Waals surface area contributed by atoms with Crippen LogP contribution in [0.1, 0.15) is 55.8 Å². The summed E-state index contributed by atoms with van der Waals surface area (Å²) >= 11 is 1.71. The maximum Gasteiger partial charge on any atom is 0.191 e. The molecule has 0 aliphatic carbocycles. The van der Waals surface area contributed by atoms with Crippen LogP contribution in [0.2, 0.25) is 0 Å². The van der Waals surface area contributed by atoms with Crippen LogP contribution >= 0.6 is 11.3 Å². The number of para-hydroxylation sites is 1. The van der Waals surface area contributed by atoms with Crippen LogP contribution in [-0.4, -0.2) is 36.6 Å². The molecule has 29 heavy (non-hydrogen) atoms. The monoisotopic (exact) mass is 410 g/mol. The fourth-order valence-corrected chi connectivity index (χ4v) is 4.32. The molecule has 0 bridgehead atoms. The molecule has 2 N–H and O–H groups in total. The number of nitrogens with one attached hydrogen (secondary N) is 2. The molecule has 7 heteroatoms. The Balaban J connectivity index is 1.65. The number of thiazole rings is 1. The van der Waals surface area contributed by atoms with E-state index in [9.17, 15) is 5.26 Å². The molecule has 154 valence electrons. The van der Waals surface area contributed by atoms with Crippen LogP contribution in [0.15, 0.2) is 34.6 Å². The number of hydrogen-bond acceptors (Lipinski definition) is 5. The normalized spacial score (nSPS) is 17.3. The molecule has 1 saturated heterocycles. The fourth-order valence-electron chi connectivity index (χ4n) is 3.49. The van der Waals surface area contributed by atoms with Gasteiger partial charge in [-0.1, -0.05) is 26.0 Å². The van der Waals surface area contributed by atoms with Crippen molar-refractivity contribution >= 4 is 23.0 Å². The number of hydrogen-bond donors (Lipinski definition) is 2. The number of aromatic nitrogens is 1. The van der Waals surface area contributed by atoms with E-state index in [1.807, 2.05) is 24.3 Å². The van der Waals surface area contributed by atoms with Gasteiger partial charge in [-0.05, 0) is 31.9 Å². The number of guanidine groups is 1. The van der Waals surface area contributed by atoms with Crippen molar-refractivity contribution in [3.05, 3.63) is 45.9 Å². The molecule has 0 amide bonds. The summed E-state index contributed by atoms with van der Waals surface area (Å²) in [5, 5.41) is 19.6. The summed E-state index contributed by atoms with van der Waals surface area (Å²) in [6, 6.07) is 10.4. The molecule has 3 rings (SSSR count). The van der Waals surface area contributed by atoms with Crippen LogP contribution < -0.4 is 15.5 Å². The highest BCUT2D eigenvalue weighted by molar-refractivity contribution is 7.09. The van der Waals surface area contributed by atoms with Crippen LogP contribution in [0.4, 0.5) is 5.69 Å². The summed E-state index contributed by atoms with van der Waals surface area (Å²) in [7, 11) is 0. The lowest BCUT2D eigenvalue weighted by atomic mass is 10.0. The van der Waals surface area contributed by atoms with E-state index in [1.165, 1.54) is 0 Å². The van der Waals surface area contributed by atoms with Crippen molar-refractivity contribution in [1.82, 2.24) is 15.6 Å². The van der Waals surface area contributed by atoms with Gasteiger partial charge >= 0.3 is 0 Å². The summed E-state index contributed by atoms with van der Waals surface area (Å²) in [4.78, 5) is 11.7. The van der Waals surface area contributed by atoms with Gasteiger partial charge in [0, 0.05) is 37.0 Å². The minimum absolute atomic E-state index is 0.287.